The molecule has 13 heteroatoms. The molecule has 5 heterocycles. The first kappa shape index (κ1) is 37.7. The highest BCUT2D eigenvalue weighted by Crippen LogP contribution is 2.46. The Bertz CT molecular complexity index is 2150. The zero-order valence-corrected chi connectivity index (χ0v) is 33.5. The number of carbonyl (C=O) groups excluding carboxylic acids is 2. The summed E-state index contributed by atoms with van der Waals surface area (Å²) in [6.45, 7) is 11.9. The molecule has 0 spiro atoms. The van der Waals surface area contributed by atoms with Crippen molar-refractivity contribution in [1.82, 2.24) is 29.7 Å². The topological polar surface area (TPSA) is 147 Å². The minimum absolute atomic E-state index is 0.0116. The Morgan fingerprint density at radius 2 is 1.86 bits per heavy atom. The molecule has 8 rings (SSSR count). The third-order valence-corrected chi connectivity index (χ3v) is 11.4. The van der Waals surface area contributed by atoms with Crippen molar-refractivity contribution in [3.05, 3.63) is 65.0 Å². The van der Waals surface area contributed by atoms with E-state index in [4.69, 9.17) is 28.9 Å². The van der Waals surface area contributed by atoms with E-state index in [0.29, 0.717) is 26.3 Å². The van der Waals surface area contributed by atoms with Crippen LogP contribution >= 0.6 is 0 Å². The van der Waals surface area contributed by atoms with Crippen LogP contribution < -0.4 is 4.74 Å². The van der Waals surface area contributed by atoms with Crippen LogP contribution in [0.25, 0.3) is 33.6 Å². The summed E-state index contributed by atoms with van der Waals surface area (Å²) in [5.74, 6) is 2.67. The number of hydrogen-bond acceptors (Lipinski definition) is 9. The number of aromatic nitrogens is 4. The van der Waals surface area contributed by atoms with Crippen molar-refractivity contribution in [3.63, 3.8) is 0 Å². The fraction of sp³-hybridized carbons (Fsp3) is 0.512. The number of aliphatic imine (C=N–C) groups is 1. The summed E-state index contributed by atoms with van der Waals surface area (Å²) in [7, 11) is 3.23. The van der Waals surface area contributed by atoms with Gasteiger partial charge in [0.2, 0.25) is 5.91 Å². The Balaban J connectivity index is 1.03. The molecule has 13 nitrogen and oxygen atoms in total. The van der Waals surface area contributed by atoms with E-state index in [2.05, 4.69) is 45.3 Å². The third-order valence-electron chi connectivity index (χ3n) is 11.4. The fourth-order valence-corrected chi connectivity index (χ4v) is 8.78. The molecule has 0 saturated carbocycles. The maximum absolute atomic E-state index is 13.7. The molecular formula is C43H53N7O6. The van der Waals surface area contributed by atoms with Gasteiger partial charge in [0.15, 0.2) is 6.40 Å². The molecular weight excluding hydrogens is 711 g/mol. The van der Waals surface area contributed by atoms with Crippen molar-refractivity contribution in [2.75, 3.05) is 33.9 Å². The lowest BCUT2D eigenvalue weighted by molar-refractivity contribution is -0.134. The van der Waals surface area contributed by atoms with Gasteiger partial charge in [-0.1, -0.05) is 26.0 Å². The lowest BCUT2D eigenvalue weighted by Crippen LogP contribution is -2.40. The summed E-state index contributed by atoms with van der Waals surface area (Å²) in [5, 5.41) is 0. The molecule has 56 heavy (non-hydrogen) atoms. The van der Waals surface area contributed by atoms with Crippen LogP contribution in [0.1, 0.15) is 94.4 Å². The quantitative estimate of drug-likeness (QED) is 0.132. The Labute approximate surface area is 328 Å². The molecule has 0 bridgehead atoms. The number of benzene rings is 2. The van der Waals surface area contributed by atoms with Crippen molar-refractivity contribution in [1.29, 1.82) is 0 Å². The van der Waals surface area contributed by atoms with Crippen LogP contribution in [0, 0.1) is 11.8 Å². The fourth-order valence-electron chi connectivity index (χ4n) is 8.78. The van der Waals surface area contributed by atoms with Crippen LogP contribution in [-0.4, -0.2) is 93.7 Å². The van der Waals surface area contributed by atoms with E-state index in [1.54, 1.807) is 19.1 Å². The number of H-pyrrole nitrogens is 2. The molecule has 0 radical (unpaired) electrons. The predicted molar refractivity (Wildman–Crippen MR) is 212 cm³/mol. The second-order valence-electron chi connectivity index (χ2n) is 16.9. The van der Waals surface area contributed by atoms with Crippen molar-refractivity contribution >= 4 is 18.4 Å². The number of amides is 2. The van der Waals surface area contributed by atoms with Gasteiger partial charge in [-0.05, 0) is 99.2 Å². The Morgan fingerprint density at radius 3 is 2.62 bits per heavy atom. The largest absolute Gasteiger partial charge is 0.488 e. The number of imidazole rings is 2. The Morgan fingerprint density at radius 1 is 1.02 bits per heavy atom. The Kier molecular flexibility index (Phi) is 10.1. The summed E-state index contributed by atoms with van der Waals surface area (Å²) >= 11 is 0. The molecule has 2 aromatic carbocycles. The SMILES string of the molecule is COC=N[C@H](C(=O)N1CCC[C@H]1c1nc2c([nH]1)-c1cc3c(cc1CC2)-c1ccc(-c2cnc([C@@H]4C[C@H](COC)CN4C(=O)OC(C)(C)C)[nH]2)cc1CO3)C(C)C. The zero-order chi connectivity index (χ0) is 39.3. The summed E-state index contributed by atoms with van der Waals surface area (Å²) < 4.78 is 22.7. The van der Waals surface area contributed by atoms with Gasteiger partial charge in [0, 0.05) is 37.2 Å². The van der Waals surface area contributed by atoms with Gasteiger partial charge in [-0.25, -0.2) is 19.8 Å². The summed E-state index contributed by atoms with van der Waals surface area (Å²) in [6.07, 6.45) is 7.07. The van der Waals surface area contributed by atoms with Crippen LogP contribution in [0.2, 0.25) is 0 Å². The molecule has 4 aromatic rings. The molecule has 4 atom stereocenters. The average Bonchev–Trinajstić information content (AvgIpc) is 3.99. The molecule has 1 aliphatic carbocycles. The maximum Gasteiger partial charge on any atom is 0.410 e. The average molecular weight is 764 g/mol. The predicted octanol–water partition coefficient (Wildman–Crippen LogP) is 7.43. The van der Waals surface area contributed by atoms with E-state index in [-0.39, 0.29) is 35.9 Å². The third kappa shape index (κ3) is 7.17. The van der Waals surface area contributed by atoms with Crippen molar-refractivity contribution < 1.29 is 28.5 Å². The molecule has 296 valence electrons. The molecule has 2 N–H and O–H groups in total. The van der Waals surface area contributed by atoms with E-state index in [1.165, 1.54) is 12.0 Å². The highest BCUT2D eigenvalue weighted by molar-refractivity contribution is 5.85. The number of hydrogen-bond donors (Lipinski definition) is 2. The van der Waals surface area contributed by atoms with Gasteiger partial charge in [0.05, 0.1) is 49.1 Å². The number of aromatic amines is 2. The molecule has 2 saturated heterocycles. The van der Waals surface area contributed by atoms with E-state index < -0.39 is 11.6 Å². The maximum atomic E-state index is 13.7. The highest BCUT2D eigenvalue weighted by atomic mass is 16.6. The number of carbonyl (C=O) groups is 2. The number of likely N-dealkylation sites (tertiary alicyclic amines) is 2. The molecule has 0 unspecified atom stereocenters. The van der Waals surface area contributed by atoms with Crippen LogP contribution in [-0.2, 0) is 38.5 Å². The van der Waals surface area contributed by atoms with Crippen molar-refractivity contribution in [2.45, 2.75) is 97.1 Å². The van der Waals surface area contributed by atoms with E-state index >= 15 is 0 Å². The van der Waals surface area contributed by atoms with Gasteiger partial charge in [-0.3, -0.25) is 9.69 Å². The standard InChI is InChI=1S/C43H53N7O6/c1-24(2)37(45-23-54-7)41(51)49-14-8-9-34(49)40-46-32-13-11-26-17-31-29-12-10-27(16-28(29)22-55-36(31)18-30(26)38(32)48-40)33-19-44-39(47-33)35-15-25(21-53-6)20-50(35)42(52)56-43(3,4)5/h10,12,16-19,23-25,34-35,37H,8-9,11,13-15,20-22H2,1-7H3,(H,44,47)(H,46,48)/t25-,34-,35-,37-/m0/s1. The number of aryl methyl sites for hydroxylation is 2. The first-order chi connectivity index (χ1) is 26.9. The monoisotopic (exact) mass is 763 g/mol. The van der Waals surface area contributed by atoms with Crippen molar-refractivity contribution in [2.24, 2.45) is 16.8 Å². The smallest absolute Gasteiger partial charge is 0.410 e. The number of nitrogens with zero attached hydrogens (tertiary/aromatic N) is 5. The summed E-state index contributed by atoms with van der Waals surface area (Å²) in [6, 6.07) is 10.0. The van der Waals surface area contributed by atoms with Gasteiger partial charge in [-0.15, -0.1) is 0 Å². The molecule has 3 aliphatic heterocycles. The van der Waals surface area contributed by atoms with Gasteiger partial charge in [0.25, 0.3) is 0 Å². The number of fused-ring (bicyclic) bond motifs is 6. The van der Waals surface area contributed by atoms with Crippen LogP contribution in [0.4, 0.5) is 4.79 Å². The summed E-state index contributed by atoms with van der Waals surface area (Å²) in [5.41, 5.74) is 9.02. The van der Waals surface area contributed by atoms with E-state index in [0.717, 1.165) is 94.4 Å². The number of rotatable bonds is 9. The normalized spacial score (nSPS) is 20.8. The van der Waals surface area contributed by atoms with Crippen LogP contribution in [0.3, 0.4) is 0 Å². The second kappa shape index (κ2) is 15.1. The van der Waals surface area contributed by atoms with Gasteiger partial charge < -0.3 is 33.8 Å². The molecule has 2 aromatic heterocycles. The molecule has 2 amide bonds. The zero-order valence-electron chi connectivity index (χ0n) is 33.5. The minimum atomic E-state index is -0.595. The second-order valence-corrected chi connectivity index (χ2v) is 16.9. The first-order valence-electron chi connectivity index (χ1n) is 19.8. The van der Waals surface area contributed by atoms with Gasteiger partial charge in [-0.2, -0.15) is 0 Å². The van der Waals surface area contributed by atoms with Crippen molar-refractivity contribution in [3.8, 4) is 39.4 Å². The lowest BCUT2D eigenvalue weighted by atomic mass is 9.86. The lowest BCUT2D eigenvalue weighted by Gasteiger charge is -2.27. The Hall–Kier alpha value is -5.17. The minimum Gasteiger partial charge on any atom is -0.488 e. The van der Waals surface area contributed by atoms with Crippen LogP contribution in [0.5, 0.6) is 5.75 Å². The number of methoxy groups -OCH3 is 2. The van der Waals surface area contributed by atoms with Crippen LogP contribution in [0.15, 0.2) is 41.5 Å². The van der Waals surface area contributed by atoms with E-state index in [9.17, 15) is 9.59 Å². The van der Waals surface area contributed by atoms with E-state index in [1.807, 2.05) is 45.7 Å². The highest BCUT2D eigenvalue weighted by Gasteiger charge is 2.41. The van der Waals surface area contributed by atoms with Gasteiger partial charge in [0.1, 0.15) is 35.6 Å². The first-order valence-corrected chi connectivity index (χ1v) is 19.8. The summed E-state index contributed by atoms with van der Waals surface area (Å²) in [4.78, 5) is 52.1. The van der Waals surface area contributed by atoms with Gasteiger partial charge >= 0.3 is 6.09 Å². The molecule has 2 fully saturated rings. The number of ether oxygens (including phenoxy) is 4. The molecule has 4 aliphatic rings. The number of nitrogens with one attached hydrogen (secondary N) is 2.